The zero-order valence-electron chi connectivity index (χ0n) is 100. The second-order valence-corrected chi connectivity index (χ2v) is 69.2. The molecule has 0 fully saturated rings. The molecule has 0 aliphatic heterocycles. The lowest BCUT2D eigenvalue weighted by atomic mass is 10.0. The standard InChI is InChI=1S/C120H243N5O14Si4/c1-30-36-42-48-54-56-58-64-77-97-132-113(128)89-79-86-108(137-141(24,25)118(10,11)12)100-124(99-107(136-140(22,23)117(7,8)9)85-71-66-72-88-115(130)134-105(81-67-60-50-44-38-32-3)82-68-61-51-45-39-33-4)95-75-73-93-122(20)111(126)103-121(19)104-112(127)123(21)94-74-76-96-125(101-109(138-142(26,27)119(13,14)15)87-80-90-114(129)133-98-78-65-59-57-55-49-43-37-31-2)102-110(139-143(28,29)120(16,17)18)91-92-116(131)135-106(83-69-62-52-46-40-34-5)84-70-63-53-47-41-35-6/h105-110H,30-104H2,1-29H3. The summed E-state index contributed by atoms with van der Waals surface area (Å²) in [5.41, 5.74) is 0. The summed E-state index contributed by atoms with van der Waals surface area (Å²) in [4.78, 5) is 94.4. The summed E-state index contributed by atoms with van der Waals surface area (Å²) >= 11 is 0. The van der Waals surface area contributed by atoms with Crippen LogP contribution in [0.25, 0.3) is 0 Å². The Labute approximate surface area is 891 Å². The topological polar surface area (TPSA) is 192 Å². The minimum atomic E-state index is -2.39. The molecule has 143 heavy (non-hydrogen) atoms. The number of carbonyl (C=O) groups is 6. The van der Waals surface area contributed by atoms with Gasteiger partial charge in [0.1, 0.15) is 12.2 Å². The molecule has 0 bridgehead atoms. The molecule has 848 valence electrons. The number of esters is 4. The van der Waals surface area contributed by atoms with E-state index in [9.17, 15) is 28.8 Å². The molecule has 4 atom stereocenters. The van der Waals surface area contributed by atoms with Gasteiger partial charge in [-0.25, -0.2) is 0 Å². The monoisotopic (exact) mass is 2090 g/mol. The Bertz CT molecular complexity index is 3070. The van der Waals surface area contributed by atoms with E-state index < -0.39 is 33.3 Å². The number of likely N-dealkylation sites (N-methyl/N-ethyl adjacent to an activating group) is 3. The van der Waals surface area contributed by atoms with Crippen molar-refractivity contribution in [1.82, 2.24) is 24.5 Å². The first-order chi connectivity index (χ1) is 67.5. The maximum absolute atomic E-state index is 14.4. The predicted molar refractivity (Wildman–Crippen MR) is 621 cm³/mol. The van der Waals surface area contributed by atoms with Crippen molar-refractivity contribution < 1.29 is 65.4 Å². The third kappa shape index (κ3) is 74.1. The molecule has 0 heterocycles. The van der Waals surface area contributed by atoms with Crippen LogP contribution in [0.5, 0.6) is 0 Å². The second kappa shape index (κ2) is 83.0. The Hall–Kier alpha value is -2.59. The van der Waals surface area contributed by atoms with Crippen LogP contribution in [-0.2, 0) is 65.4 Å². The Kier molecular flexibility index (Phi) is 81.5. The number of nitrogens with zero attached hydrogens (tertiary/aromatic N) is 5. The maximum atomic E-state index is 14.4. The van der Waals surface area contributed by atoms with E-state index in [2.05, 4.69) is 187 Å². The average Bonchev–Trinajstić information content (AvgIpc) is 0.821. The molecule has 0 radical (unpaired) electrons. The van der Waals surface area contributed by atoms with Crippen molar-refractivity contribution in [3.8, 4) is 0 Å². The summed E-state index contributed by atoms with van der Waals surface area (Å²) in [6.07, 6.45) is 65.5. The van der Waals surface area contributed by atoms with Gasteiger partial charge < -0.3 is 46.5 Å². The van der Waals surface area contributed by atoms with E-state index in [-0.39, 0.29) is 112 Å². The average molecular weight is 2090 g/mol. The highest BCUT2D eigenvalue weighted by Gasteiger charge is 2.44. The van der Waals surface area contributed by atoms with Gasteiger partial charge in [0.05, 0.1) is 50.7 Å². The fourth-order valence-corrected chi connectivity index (χ4v) is 23.7. The lowest BCUT2D eigenvalue weighted by Crippen LogP contribution is -2.50. The van der Waals surface area contributed by atoms with Crippen molar-refractivity contribution in [2.24, 2.45) is 0 Å². The largest absolute Gasteiger partial charge is 0.466 e. The van der Waals surface area contributed by atoms with Crippen LogP contribution in [0.3, 0.4) is 0 Å². The van der Waals surface area contributed by atoms with Crippen molar-refractivity contribution in [1.29, 1.82) is 0 Å². The molecule has 0 saturated heterocycles. The van der Waals surface area contributed by atoms with Crippen LogP contribution >= 0.6 is 0 Å². The zero-order valence-corrected chi connectivity index (χ0v) is 104. The van der Waals surface area contributed by atoms with E-state index in [1.54, 1.807) is 0 Å². The Balaban J connectivity index is 7.23. The highest BCUT2D eigenvalue weighted by Crippen LogP contribution is 2.43. The summed E-state index contributed by atoms with van der Waals surface area (Å²) in [6.45, 7) is 66.3. The van der Waals surface area contributed by atoms with Gasteiger partial charge in [0.15, 0.2) is 33.3 Å². The van der Waals surface area contributed by atoms with Crippen molar-refractivity contribution in [3.63, 3.8) is 0 Å². The van der Waals surface area contributed by atoms with E-state index >= 15 is 0 Å². The third-order valence-electron chi connectivity index (χ3n) is 32.0. The van der Waals surface area contributed by atoms with Gasteiger partial charge in [-0.3, -0.25) is 43.5 Å². The Morgan fingerprint density at radius 3 is 0.706 bits per heavy atom. The maximum Gasteiger partial charge on any atom is 0.306 e. The van der Waals surface area contributed by atoms with Gasteiger partial charge in [0, 0.05) is 79.0 Å². The molecular weight excluding hydrogens is 1850 g/mol. The van der Waals surface area contributed by atoms with Gasteiger partial charge >= 0.3 is 23.9 Å². The number of hydrogen-bond donors (Lipinski definition) is 0. The van der Waals surface area contributed by atoms with E-state index in [1.165, 1.54) is 218 Å². The third-order valence-corrected chi connectivity index (χ3v) is 50.2. The summed E-state index contributed by atoms with van der Waals surface area (Å²) in [6, 6.07) is 0. The first kappa shape index (κ1) is 140. The van der Waals surface area contributed by atoms with E-state index in [0.29, 0.717) is 97.4 Å². The van der Waals surface area contributed by atoms with Crippen LogP contribution in [0.1, 0.15) is 529 Å². The normalized spacial score (nSPS) is 13.7. The quantitative estimate of drug-likeness (QED) is 0.0241. The highest BCUT2D eigenvalue weighted by molar-refractivity contribution is 6.75. The van der Waals surface area contributed by atoms with Gasteiger partial charge in [-0.2, -0.15) is 0 Å². The molecule has 0 aliphatic rings. The van der Waals surface area contributed by atoms with E-state index in [4.69, 9.17) is 36.7 Å². The lowest BCUT2D eigenvalue weighted by molar-refractivity contribution is -0.151. The van der Waals surface area contributed by atoms with Crippen LogP contribution < -0.4 is 0 Å². The van der Waals surface area contributed by atoms with E-state index in [0.717, 1.165) is 148 Å². The smallest absolute Gasteiger partial charge is 0.306 e. The van der Waals surface area contributed by atoms with Gasteiger partial charge in [-0.1, -0.05) is 369 Å². The van der Waals surface area contributed by atoms with Crippen LogP contribution in [0, 0.1) is 0 Å². The molecule has 2 amide bonds. The van der Waals surface area contributed by atoms with E-state index in [1.807, 2.05) is 35.8 Å². The van der Waals surface area contributed by atoms with Crippen molar-refractivity contribution >= 4 is 69.0 Å². The molecule has 0 aliphatic carbocycles. The van der Waals surface area contributed by atoms with Gasteiger partial charge in [0.2, 0.25) is 11.8 Å². The van der Waals surface area contributed by atoms with Gasteiger partial charge in [0.25, 0.3) is 0 Å². The Morgan fingerprint density at radius 1 is 0.231 bits per heavy atom. The number of unbranched alkanes of at least 4 members (excludes halogenated alkanes) is 40. The predicted octanol–water partition coefficient (Wildman–Crippen LogP) is 33.6. The summed E-state index contributed by atoms with van der Waals surface area (Å²) in [7, 11) is -3.68. The fraction of sp³-hybridized carbons (Fsp3) is 0.950. The Morgan fingerprint density at radius 2 is 0.441 bits per heavy atom. The molecule has 0 aromatic rings. The number of ether oxygens (including phenoxy) is 4. The zero-order chi connectivity index (χ0) is 108. The molecule has 0 rings (SSSR count). The number of carbonyl (C=O) groups excluding carboxylic acids is 6. The van der Waals surface area contributed by atoms with Gasteiger partial charge in [-0.15, -0.1) is 0 Å². The second-order valence-electron chi connectivity index (χ2n) is 50.2. The number of amides is 2. The molecule has 19 nitrogen and oxygen atoms in total. The van der Waals surface area contributed by atoms with Crippen LogP contribution in [-0.4, -0.2) is 230 Å². The van der Waals surface area contributed by atoms with Crippen molar-refractivity contribution in [2.75, 3.05) is 99.8 Å². The number of rotatable bonds is 97. The minimum Gasteiger partial charge on any atom is -0.466 e. The molecule has 0 N–H and O–H groups in total. The molecule has 23 heteroatoms. The highest BCUT2D eigenvalue weighted by atomic mass is 28.4. The lowest BCUT2D eigenvalue weighted by Gasteiger charge is -2.42. The first-order valence-corrected chi connectivity index (χ1v) is 72.2. The fourth-order valence-electron chi connectivity index (χ4n) is 18.2. The molecule has 0 spiro atoms. The molecule has 0 aromatic heterocycles. The molecule has 4 unspecified atom stereocenters. The summed E-state index contributed by atoms with van der Waals surface area (Å²) in [5, 5.41) is -0.185. The van der Waals surface area contributed by atoms with Crippen molar-refractivity contribution in [2.45, 2.75) is 638 Å². The minimum absolute atomic E-state index is 0.00553. The molecule has 0 saturated carbocycles. The number of hydrogen-bond acceptors (Lipinski definition) is 17. The first-order valence-electron chi connectivity index (χ1n) is 60.6. The SMILES string of the molecule is CCCCCCCCCCCOC(=O)CCCC(CN(CCCCN(C)C(=O)CN(C)CC(=O)N(C)CCCCN(CC(CCCC(=O)OCCCCCCCCCCC)O[Si](C)(C)C(C)(C)C)CC(CCC(=O)OC(CCCCCCCC)CCCCCCCC)O[Si](C)(C)C(C)(C)C)CC(CCCCCC(=O)OC(CCCCCCCC)CCCCCCCC)O[Si](C)(C)C(C)(C)C)O[Si](C)(C)C(C)(C)C. The van der Waals surface area contributed by atoms with Crippen LogP contribution in [0.4, 0.5) is 0 Å². The van der Waals surface area contributed by atoms with Crippen molar-refractivity contribution in [3.05, 3.63) is 0 Å². The molecule has 0 aromatic carbocycles. The summed E-state index contributed by atoms with van der Waals surface area (Å²) < 4.78 is 54.5. The summed E-state index contributed by atoms with van der Waals surface area (Å²) in [5.74, 6) is -0.515. The van der Waals surface area contributed by atoms with Gasteiger partial charge in [-0.05, 0) is 228 Å². The molecular formula is C120H243N5O14Si4. The van der Waals surface area contributed by atoms with Crippen LogP contribution in [0.2, 0.25) is 72.5 Å². The van der Waals surface area contributed by atoms with Crippen LogP contribution in [0.15, 0.2) is 0 Å².